The maximum absolute atomic E-state index is 13.0. The van der Waals surface area contributed by atoms with Crippen LogP contribution in [-0.4, -0.2) is 9.55 Å². The molecule has 5 heteroatoms. The summed E-state index contributed by atoms with van der Waals surface area (Å²) in [6, 6.07) is 4.16. The van der Waals surface area contributed by atoms with Crippen molar-refractivity contribution in [3.63, 3.8) is 0 Å². The van der Waals surface area contributed by atoms with Crippen molar-refractivity contribution in [2.45, 2.75) is 13.5 Å². The largest absolute Gasteiger partial charge is 0.383 e. The predicted octanol–water partition coefficient (Wildman–Crippen LogP) is 3.42. The number of halogens is 2. The fourth-order valence-corrected chi connectivity index (χ4v) is 2.08. The third-order valence-corrected chi connectivity index (χ3v) is 3.01. The van der Waals surface area contributed by atoms with E-state index in [1.54, 1.807) is 12.1 Å². The molecule has 0 saturated carbocycles. The highest BCUT2D eigenvalue weighted by atomic mass is 35.5. The van der Waals surface area contributed by atoms with Crippen LogP contribution in [-0.2, 0) is 6.54 Å². The number of nitrogens with zero attached hydrogens (tertiary/aromatic N) is 2. The molecule has 0 aliphatic heterocycles. The number of benzene rings is 1. The van der Waals surface area contributed by atoms with E-state index in [1.165, 1.54) is 12.1 Å². The smallest absolute Gasteiger partial charge is 0.132 e. The summed E-state index contributed by atoms with van der Waals surface area (Å²) in [6.45, 7) is 6.09. The van der Waals surface area contributed by atoms with Crippen molar-refractivity contribution in [1.82, 2.24) is 9.55 Å². The van der Waals surface area contributed by atoms with Gasteiger partial charge in [-0.3, -0.25) is 0 Å². The Morgan fingerprint density at radius 1 is 1.56 bits per heavy atom. The second-order valence-electron chi connectivity index (χ2n) is 3.92. The molecule has 3 nitrogen and oxygen atoms in total. The van der Waals surface area contributed by atoms with Crippen LogP contribution in [0, 0.1) is 12.7 Å². The number of hydrogen-bond donors (Lipinski definition) is 1. The number of aryl methyl sites for hydroxylation is 1. The number of nitrogen functional groups attached to an aromatic ring is 1. The molecule has 0 spiro atoms. The lowest BCUT2D eigenvalue weighted by atomic mass is 10.1. The molecule has 2 N–H and O–H groups in total. The predicted molar refractivity (Wildman–Crippen MR) is 72.0 cm³/mol. The van der Waals surface area contributed by atoms with Crippen molar-refractivity contribution in [3.8, 4) is 11.3 Å². The van der Waals surface area contributed by atoms with Gasteiger partial charge in [-0.25, -0.2) is 9.37 Å². The zero-order chi connectivity index (χ0) is 13.3. The zero-order valence-corrected chi connectivity index (χ0v) is 10.7. The summed E-state index contributed by atoms with van der Waals surface area (Å²) >= 11 is 6.01. The van der Waals surface area contributed by atoms with Gasteiger partial charge >= 0.3 is 0 Å². The molecule has 0 aliphatic carbocycles. The van der Waals surface area contributed by atoms with Gasteiger partial charge in [0.05, 0.1) is 5.02 Å². The lowest BCUT2D eigenvalue weighted by molar-refractivity contribution is 0.628. The van der Waals surface area contributed by atoms with E-state index < -0.39 is 0 Å². The molecule has 0 radical (unpaired) electrons. The average Bonchev–Trinajstić information content (AvgIpc) is 2.58. The molecule has 2 aromatic rings. The topological polar surface area (TPSA) is 43.8 Å². The summed E-state index contributed by atoms with van der Waals surface area (Å²) in [6.07, 6.45) is 1.74. The summed E-state index contributed by atoms with van der Waals surface area (Å²) in [7, 11) is 0. The Balaban J connectivity index is 2.57. The van der Waals surface area contributed by atoms with Crippen LogP contribution in [0.25, 0.3) is 11.3 Å². The quantitative estimate of drug-likeness (QED) is 0.864. The van der Waals surface area contributed by atoms with Gasteiger partial charge in [0.1, 0.15) is 23.2 Å². The fraction of sp³-hybridized carbons (Fsp3) is 0.154. The number of allylic oxidation sites excluding steroid dienone is 1. The molecule has 18 heavy (non-hydrogen) atoms. The maximum Gasteiger partial charge on any atom is 0.132 e. The highest BCUT2D eigenvalue weighted by Crippen LogP contribution is 2.32. The fourth-order valence-electron chi connectivity index (χ4n) is 1.82. The van der Waals surface area contributed by atoms with E-state index in [9.17, 15) is 4.39 Å². The Kier molecular flexibility index (Phi) is 3.39. The van der Waals surface area contributed by atoms with Crippen LogP contribution in [0.5, 0.6) is 0 Å². The van der Waals surface area contributed by atoms with E-state index in [-0.39, 0.29) is 5.82 Å². The summed E-state index contributed by atoms with van der Waals surface area (Å²) < 4.78 is 14.8. The number of aromatic nitrogens is 2. The third-order valence-electron chi connectivity index (χ3n) is 2.70. The minimum Gasteiger partial charge on any atom is -0.383 e. The van der Waals surface area contributed by atoms with E-state index in [2.05, 4.69) is 11.6 Å². The normalized spacial score (nSPS) is 10.6. The number of hydrogen-bond acceptors (Lipinski definition) is 2. The Hall–Kier alpha value is -1.81. The Bertz CT molecular complexity index is 605. The first kappa shape index (κ1) is 12.6. The number of rotatable bonds is 3. The number of anilines is 1. The minimum atomic E-state index is -0.385. The van der Waals surface area contributed by atoms with E-state index in [4.69, 9.17) is 17.3 Å². The first-order valence-corrected chi connectivity index (χ1v) is 5.81. The maximum atomic E-state index is 13.0. The second-order valence-corrected chi connectivity index (χ2v) is 4.32. The molecule has 1 aromatic carbocycles. The van der Waals surface area contributed by atoms with E-state index in [0.717, 1.165) is 5.82 Å². The first-order valence-electron chi connectivity index (χ1n) is 5.43. The molecule has 1 aromatic heterocycles. The molecule has 0 saturated heterocycles. The van der Waals surface area contributed by atoms with E-state index in [0.29, 0.717) is 28.6 Å². The zero-order valence-electron chi connectivity index (χ0n) is 9.95. The van der Waals surface area contributed by atoms with Gasteiger partial charge in [0.15, 0.2) is 0 Å². The van der Waals surface area contributed by atoms with Crippen LogP contribution in [0.3, 0.4) is 0 Å². The Morgan fingerprint density at radius 2 is 2.28 bits per heavy atom. The molecule has 2 rings (SSSR count). The molecular formula is C13H13ClFN3. The van der Waals surface area contributed by atoms with Crippen molar-refractivity contribution < 1.29 is 4.39 Å². The monoisotopic (exact) mass is 265 g/mol. The summed E-state index contributed by atoms with van der Waals surface area (Å²) in [5.74, 6) is 0.883. The van der Waals surface area contributed by atoms with E-state index >= 15 is 0 Å². The van der Waals surface area contributed by atoms with Gasteiger partial charge in [0.2, 0.25) is 0 Å². The summed E-state index contributed by atoms with van der Waals surface area (Å²) in [4.78, 5) is 4.37. The molecule has 0 fully saturated rings. The van der Waals surface area contributed by atoms with Gasteiger partial charge in [-0.1, -0.05) is 17.7 Å². The highest BCUT2D eigenvalue weighted by molar-refractivity contribution is 6.33. The molecular weight excluding hydrogens is 253 g/mol. The van der Waals surface area contributed by atoms with Crippen LogP contribution >= 0.6 is 11.6 Å². The standard InChI is InChI=1S/C13H13ClFN3/c1-3-6-18-8(2)17-12(13(18)16)10-5-4-9(15)7-11(10)14/h3-5,7H,1,6,16H2,2H3. The lowest BCUT2D eigenvalue weighted by Crippen LogP contribution is -2.03. The molecule has 0 unspecified atom stereocenters. The highest BCUT2D eigenvalue weighted by Gasteiger charge is 2.15. The molecule has 0 atom stereocenters. The minimum absolute atomic E-state index is 0.296. The second kappa shape index (κ2) is 4.82. The lowest BCUT2D eigenvalue weighted by Gasteiger charge is -2.05. The van der Waals surface area contributed by atoms with Gasteiger partial charge in [-0.05, 0) is 25.1 Å². The van der Waals surface area contributed by atoms with Crippen molar-refractivity contribution in [1.29, 1.82) is 0 Å². The van der Waals surface area contributed by atoms with Crippen LogP contribution in [0.2, 0.25) is 5.02 Å². The van der Waals surface area contributed by atoms with Crippen molar-refractivity contribution >= 4 is 17.4 Å². The van der Waals surface area contributed by atoms with Gasteiger partial charge < -0.3 is 10.3 Å². The molecule has 1 heterocycles. The number of nitrogens with two attached hydrogens (primary N) is 1. The van der Waals surface area contributed by atoms with Crippen LogP contribution < -0.4 is 5.73 Å². The third kappa shape index (κ3) is 2.11. The van der Waals surface area contributed by atoms with Gasteiger partial charge in [-0.15, -0.1) is 6.58 Å². The van der Waals surface area contributed by atoms with Crippen LogP contribution in [0.4, 0.5) is 10.2 Å². The molecule has 0 bridgehead atoms. The van der Waals surface area contributed by atoms with Crippen molar-refractivity contribution in [2.75, 3.05) is 5.73 Å². The average molecular weight is 266 g/mol. The van der Waals surface area contributed by atoms with Crippen LogP contribution in [0.15, 0.2) is 30.9 Å². The Labute approximate surface area is 110 Å². The molecule has 0 aliphatic rings. The summed E-state index contributed by atoms with van der Waals surface area (Å²) in [5, 5.41) is 0.296. The van der Waals surface area contributed by atoms with Gasteiger partial charge in [0.25, 0.3) is 0 Å². The SMILES string of the molecule is C=CCn1c(C)nc(-c2ccc(F)cc2Cl)c1N. The van der Waals surface area contributed by atoms with Crippen molar-refractivity contribution in [3.05, 3.63) is 47.5 Å². The van der Waals surface area contributed by atoms with E-state index in [1.807, 2.05) is 11.5 Å². The van der Waals surface area contributed by atoms with Gasteiger partial charge in [0, 0.05) is 12.1 Å². The Morgan fingerprint density at radius 3 is 2.89 bits per heavy atom. The molecule has 0 amide bonds. The first-order chi connectivity index (χ1) is 8.54. The summed E-state index contributed by atoms with van der Waals surface area (Å²) in [5.41, 5.74) is 7.22. The van der Waals surface area contributed by atoms with Crippen molar-refractivity contribution in [2.24, 2.45) is 0 Å². The van der Waals surface area contributed by atoms with Gasteiger partial charge in [-0.2, -0.15) is 0 Å². The number of imidazole rings is 1. The molecule has 94 valence electrons. The van der Waals surface area contributed by atoms with Crippen LogP contribution in [0.1, 0.15) is 5.82 Å².